The van der Waals surface area contributed by atoms with Gasteiger partial charge in [-0.05, 0) is 6.42 Å². The molecule has 0 aliphatic carbocycles. The minimum Gasteiger partial charge on any atom is -0.395 e. The van der Waals surface area contributed by atoms with Crippen LogP contribution in [0.3, 0.4) is 0 Å². The maximum atomic E-state index is 14.0. The molecule has 5 aliphatic rings. The third-order valence-electron chi connectivity index (χ3n) is 7.95. The first-order chi connectivity index (χ1) is 17.0. The second-order valence-corrected chi connectivity index (χ2v) is 9.95. The van der Waals surface area contributed by atoms with Crippen molar-refractivity contribution >= 4 is 17.7 Å². The van der Waals surface area contributed by atoms with Gasteiger partial charge >= 0.3 is 0 Å². The van der Waals surface area contributed by atoms with Gasteiger partial charge in [-0.15, -0.1) is 0 Å². The SMILES string of the molecule is CCCN1CC=C[C@@H]2O[C@]34C=CCN(CCN5CCOCC5)C(=O)C3N(CCO)C(=O)[C@@H]4[C@@H]2C1=O. The van der Waals surface area contributed by atoms with Crippen LogP contribution in [-0.4, -0.2) is 132 Å². The Kier molecular flexibility index (Phi) is 6.98. The third-order valence-corrected chi connectivity index (χ3v) is 7.95. The average Bonchev–Trinajstić information content (AvgIpc) is 3.17. The number of carbonyl (C=O) groups excluding carboxylic acids is 3. The summed E-state index contributed by atoms with van der Waals surface area (Å²) >= 11 is 0. The minimum absolute atomic E-state index is 0.0298. The van der Waals surface area contributed by atoms with Crippen LogP contribution < -0.4 is 0 Å². The Morgan fingerprint density at radius 2 is 1.71 bits per heavy atom. The number of nitrogens with zero attached hydrogens (tertiary/aromatic N) is 4. The van der Waals surface area contributed by atoms with Crippen molar-refractivity contribution in [3.05, 3.63) is 24.3 Å². The molecule has 10 heteroatoms. The molecule has 0 aromatic rings. The summed E-state index contributed by atoms with van der Waals surface area (Å²) in [5.74, 6) is -2.05. The van der Waals surface area contributed by atoms with Crippen molar-refractivity contribution in [1.82, 2.24) is 19.6 Å². The zero-order valence-electron chi connectivity index (χ0n) is 20.4. The number of morpholine rings is 1. The van der Waals surface area contributed by atoms with E-state index in [9.17, 15) is 19.5 Å². The molecule has 1 N–H and O–H groups in total. The largest absolute Gasteiger partial charge is 0.395 e. The zero-order valence-corrected chi connectivity index (χ0v) is 20.4. The van der Waals surface area contributed by atoms with Crippen molar-refractivity contribution in [3.63, 3.8) is 0 Å². The van der Waals surface area contributed by atoms with Crippen molar-refractivity contribution in [3.8, 4) is 0 Å². The van der Waals surface area contributed by atoms with E-state index < -0.39 is 29.6 Å². The van der Waals surface area contributed by atoms with E-state index in [1.54, 1.807) is 9.80 Å². The molecule has 35 heavy (non-hydrogen) atoms. The molecule has 1 unspecified atom stereocenters. The van der Waals surface area contributed by atoms with Crippen LogP contribution in [0.25, 0.3) is 0 Å². The first kappa shape index (κ1) is 24.4. The molecule has 0 aromatic carbocycles. The highest BCUT2D eigenvalue weighted by Gasteiger charge is 2.71. The second kappa shape index (κ2) is 10.0. The topological polar surface area (TPSA) is 103 Å². The van der Waals surface area contributed by atoms with Gasteiger partial charge in [0.1, 0.15) is 11.6 Å². The van der Waals surface area contributed by atoms with Gasteiger partial charge in [0.2, 0.25) is 17.7 Å². The van der Waals surface area contributed by atoms with Crippen LogP contribution in [0.4, 0.5) is 0 Å². The summed E-state index contributed by atoms with van der Waals surface area (Å²) in [5.41, 5.74) is -1.22. The summed E-state index contributed by atoms with van der Waals surface area (Å²) in [6, 6.07) is -0.900. The van der Waals surface area contributed by atoms with Crippen LogP contribution in [0, 0.1) is 11.8 Å². The van der Waals surface area contributed by atoms with Gasteiger partial charge in [-0.25, -0.2) is 0 Å². The zero-order chi connectivity index (χ0) is 24.6. The summed E-state index contributed by atoms with van der Waals surface area (Å²) in [7, 11) is 0. The molecule has 5 atom stereocenters. The van der Waals surface area contributed by atoms with Crippen molar-refractivity contribution in [2.45, 2.75) is 31.1 Å². The molecule has 1 spiro atoms. The standard InChI is InChI=1S/C25H36N4O6/c1-2-7-27-8-3-5-18-19(22(27)31)20-23(32)29(12-15-30)21-24(33)28(9-4-6-25(20,21)35-18)11-10-26-13-16-34-17-14-26/h3-6,18-21,30H,2,7-17H2,1H3/t18-,19+,20-,21?,25-/m0/s1. The highest BCUT2D eigenvalue weighted by atomic mass is 16.5. The van der Waals surface area contributed by atoms with Gasteiger partial charge in [-0.2, -0.15) is 0 Å². The average molecular weight is 489 g/mol. The fraction of sp³-hybridized carbons (Fsp3) is 0.720. The summed E-state index contributed by atoms with van der Waals surface area (Å²) in [5, 5.41) is 9.75. The molecular formula is C25H36N4O6. The van der Waals surface area contributed by atoms with E-state index >= 15 is 0 Å². The lowest BCUT2D eigenvalue weighted by molar-refractivity contribution is -0.148. The Balaban J connectivity index is 1.45. The van der Waals surface area contributed by atoms with Crippen LogP contribution in [0.15, 0.2) is 24.3 Å². The molecule has 5 rings (SSSR count). The van der Waals surface area contributed by atoms with E-state index in [1.807, 2.05) is 31.2 Å². The lowest BCUT2D eigenvalue weighted by Gasteiger charge is -2.36. The Morgan fingerprint density at radius 3 is 2.46 bits per heavy atom. The summed E-state index contributed by atoms with van der Waals surface area (Å²) in [6.07, 6.45) is 7.82. The van der Waals surface area contributed by atoms with E-state index in [2.05, 4.69) is 4.90 Å². The molecule has 0 aromatic heterocycles. The first-order valence-electron chi connectivity index (χ1n) is 12.8. The highest BCUT2D eigenvalue weighted by Crippen LogP contribution is 2.53. The van der Waals surface area contributed by atoms with E-state index in [1.165, 1.54) is 4.90 Å². The van der Waals surface area contributed by atoms with Crippen LogP contribution in [0.1, 0.15) is 13.3 Å². The first-order valence-corrected chi connectivity index (χ1v) is 12.8. The van der Waals surface area contributed by atoms with Gasteiger partial charge in [0.15, 0.2) is 0 Å². The Hall–Kier alpha value is -2.27. The normalized spacial score (nSPS) is 35.3. The molecule has 3 saturated heterocycles. The number of aliphatic hydroxyl groups is 1. The van der Waals surface area contributed by atoms with Gasteiger partial charge in [0.05, 0.1) is 37.8 Å². The van der Waals surface area contributed by atoms with E-state index in [-0.39, 0.29) is 30.9 Å². The molecule has 3 amide bonds. The van der Waals surface area contributed by atoms with Gasteiger partial charge < -0.3 is 29.3 Å². The number of rotatable bonds is 7. The number of β-amino-alcohol motifs (C(OH)–C–C–N with tert-alkyl or cyclic N) is 1. The molecule has 5 aliphatic heterocycles. The van der Waals surface area contributed by atoms with Gasteiger partial charge in [0.25, 0.3) is 0 Å². The maximum Gasteiger partial charge on any atom is 0.249 e. The van der Waals surface area contributed by atoms with E-state index in [0.717, 1.165) is 26.1 Å². The van der Waals surface area contributed by atoms with Crippen LogP contribution in [-0.2, 0) is 23.9 Å². The Bertz CT molecular complexity index is 902. The lowest BCUT2D eigenvalue weighted by Crippen LogP contribution is -2.56. The maximum absolute atomic E-state index is 14.0. The molecular weight excluding hydrogens is 452 g/mol. The van der Waals surface area contributed by atoms with Crippen LogP contribution in [0.5, 0.6) is 0 Å². The summed E-state index contributed by atoms with van der Waals surface area (Å²) in [6.45, 7) is 7.58. The quantitative estimate of drug-likeness (QED) is 0.463. The van der Waals surface area contributed by atoms with Crippen molar-refractivity contribution in [1.29, 1.82) is 0 Å². The second-order valence-electron chi connectivity index (χ2n) is 9.95. The van der Waals surface area contributed by atoms with Crippen molar-refractivity contribution in [2.24, 2.45) is 11.8 Å². The molecule has 0 radical (unpaired) electrons. The van der Waals surface area contributed by atoms with E-state index in [0.29, 0.717) is 39.4 Å². The number of hydrogen-bond acceptors (Lipinski definition) is 7. The molecule has 10 nitrogen and oxygen atoms in total. The highest BCUT2D eigenvalue weighted by molar-refractivity contribution is 5.99. The molecule has 3 fully saturated rings. The van der Waals surface area contributed by atoms with E-state index in [4.69, 9.17) is 9.47 Å². The Morgan fingerprint density at radius 1 is 0.971 bits per heavy atom. The predicted octanol–water partition coefficient (Wildman–Crippen LogP) is -0.901. The number of fused-ring (bicyclic) bond motifs is 2. The number of aliphatic hydroxyl groups excluding tert-OH is 1. The number of carbonyl (C=O) groups is 3. The summed E-state index contributed by atoms with van der Waals surface area (Å²) in [4.78, 5) is 48.6. The molecule has 192 valence electrons. The predicted molar refractivity (Wildman–Crippen MR) is 126 cm³/mol. The van der Waals surface area contributed by atoms with Gasteiger partial charge in [-0.1, -0.05) is 31.2 Å². The number of amides is 3. The van der Waals surface area contributed by atoms with Crippen molar-refractivity contribution in [2.75, 3.05) is 72.2 Å². The fourth-order valence-corrected chi connectivity index (χ4v) is 6.34. The smallest absolute Gasteiger partial charge is 0.249 e. The van der Waals surface area contributed by atoms with Gasteiger partial charge in [-0.3, -0.25) is 19.3 Å². The van der Waals surface area contributed by atoms with Crippen LogP contribution in [0.2, 0.25) is 0 Å². The fourth-order valence-electron chi connectivity index (χ4n) is 6.34. The van der Waals surface area contributed by atoms with Crippen LogP contribution >= 0.6 is 0 Å². The number of likely N-dealkylation sites (tertiary alicyclic amines) is 1. The molecule has 0 bridgehead atoms. The Labute approximate surface area is 206 Å². The summed E-state index contributed by atoms with van der Waals surface area (Å²) < 4.78 is 12.0. The number of hydrogen-bond donors (Lipinski definition) is 1. The lowest BCUT2D eigenvalue weighted by atomic mass is 9.77. The molecule has 0 saturated carbocycles. The number of ether oxygens (including phenoxy) is 2. The van der Waals surface area contributed by atoms with Crippen molar-refractivity contribution < 1.29 is 29.0 Å². The van der Waals surface area contributed by atoms with Gasteiger partial charge in [0, 0.05) is 52.4 Å². The third kappa shape index (κ3) is 4.10. The molecule has 5 heterocycles. The minimum atomic E-state index is -1.22. The monoisotopic (exact) mass is 488 g/mol.